The highest BCUT2D eigenvalue weighted by Crippen LogP contribution is 2.21. The van der Waals surface area contributed by atoms with Crippen LogP contribution in [0.15, 0.2) is 30.3 Å². The van der Waals surface area contributed by atoms with Crippen LogP contribution in [0.5, 0.6) is 5.75 Å². The molecule has 1 fully saturated rings. The number of ether oxygens (including phenoxy) is 1. The molecule has 0 bridgehead atoms. The van der Waals surface area contributed by atoms with E-state index in [4.69, 9.17) is 4.74 Å². The molecule has 2 rings (SSSR count). The highest BCUT2D eigenvalue weighted by atomic mass is 32.2. The molecule has 1 aliphatic rings. The van der Waals surface area contributed by atoms with Crippen molar-refractivity contribution in [2.24, 2.45) is 0 Å². The normalized spacial score (nSPS) is 24.8. The van der Waals surface area contributed by atoms with E-state index >= 15 is 0 Å². The number of para-hydroxylation sites is 1. The lowest BCUT2D eigenvalue weighted by atomic mass is 10.2. The largest absolute Gasteiger partial charge is 0.486 e. The van der Waals surface area contributed by atoms with Gasteiger partial charge in [-0.25, -0.2) is 0 Å². The number of rotatable bonds is 4. The fourth-order valence-corrected chi connectivity index (χ4v) is 3.07. The van der Waals surface area contributed by atoms with Crippen LogP contribution in [0.4, 0.5) is 0 Å². The first-order chi connectivity index (χ1) is 8.91. The first-order valence-electron chi connectivity index (χ1n) is 5.98. The molecule has 106 valence electrons. The summed E-state index contributed by atoms with van der Waals surface area (Å²) in [6.07, 6.45) is -1.37. The summed E-state index contributed by atoms with van der Waals surface area (Å²) in [5.74, 6) is 0.621. The van der Waals surface area contributed by atoms with Gasteiger partial charge in [-0.1, -0.05) is 18.2 Å². The maximum Gasteiger partial charge on any atom is 0.281 e. The molecule has 1 heterocycles. The predicted octanol–water partition coefficient (Wildman–Crippen LogP) is -0.0831. The van der Waals surface area contributed by atoms with Gasteiger partial charge in [0.25, 0.3) is 10.2 Å². The summed E-state index contributed by atoms with van der Waals surface area (Å²) in [4.78, 5) is 0. The second kappa shape index (κ2) is 5.46. The van der Waals surface area contributed by atoms with Crippen LogP contribution in [0.3, 0.4) is 0 Å². The van der Waals surface area contributed by atoms with Gasteiger partial charge in [-0.3, -0.25) is 0 Å². The fourth-order valence-electron chi connectivity index (χ4n) is 1.93. The highest BCUT2D eigenvalue weighted by Gasteiger charge is 2.40. The van der Waals surface area contributed by atoms with Gasteiger partial charge in [-0.2, -0.15) is 17.0 Å². The van der Waals surface area contributed by atoms with Gasteiger partial charge in [0.1, 0.15) is 18.0 Å². The van der Waals surface area contributed by atoms with Crippen molar-refractivity contribution in [2.75, 3.05) is 27.2 Å². The lowest BCUT2D eigenvalue weighted by Crippen LogP contribution is -2.39. The van der Waals surface area contributed by atoms with Crippen LogP contribution in [0.25, 0.3) is 0 Å². The van der Waals surface area contributed by atoms with Gasteiger partial charge in [0.2, 0.25) is 0 Å². The summed E-state index contributed by atoms with van der Waals surface area (Å²) in [6.45, 7) is 0.203. The molecule has 6 nitrogen and oxygen atoms in total. The van der Waals surface area contributed by atoms with Gasteiger partial charge in [0.05, 0.1) is 6.54 Å². The van der Waals surface area contributed by atoms with Gasteiger partial charge >= 0.3 is 0 Å². The van der Waals surface area contributed by atoms with Crippen LogP contribution < -0.4 is 4.74 Å². The molecule has 1 saturated heterocycles. The SMILES string of the molecule is CN(C)S(=O)(=O)N1C[C@@H](O)[C@H](Oc2ccccc2)C1. The zero-order chi connectivity index (χ0) is 14.0. The summed E-state index contributed by atoms with van der Waals surface area (Å²) in [6, 6.07) is 9.06. The van der Waals surface area contributed by atoms with E-state index in [1.807, 2.05) is 18.2 Å². The standard InChI is InChI=1S/C12H18N2O4S/c1-13(2)19(16,17)14-8-11(15)12(9-14)18-10-6-4-3-5-7-10/h3-7,11-12,15H,8-9H2,1-2H3/t11-,12-/m1/s1. The van der Waals surface area contributed by atoms with E-state index in [2.05, 4.69) is 0 Å². The molecule has 2 atom stereocenters. The Labute approximate surface area is 113 Å². The van der Waals surface area contributed by atoms with Crippen molar-refractivity contribution < 1.29 is 18.3 Å². The van der Waals surface area contributed by atoms with Crippen molar-refractivity contribution in [2.45, 2.75) is 12.2 Å². The summed E-state index contributed by atoms with van der Waals surface area (Å²) in [5.41, 5.74) is 0. The van der Waals surface area contributed by atoms with Gasteiger partial charge in [0.15, 0.2) is 0 Å². The quantitative estimate of drug-likeness (QED) is 0.840. The Balaban J connectivity index is 2.06. The van der Waals surface area contributed by atoms with Crippen molar-refractivity contribution >= 4 is 10.2 Å². The molecule has 1 N–H and O–H groups in total. The van der Waals surface area contributed by atoms with Crippen molar-refractivity contribution in [3.05, 3.63) is 30.3 Å². The zero-order valence-electron chi connectivity index (χ0n) is 10.9. The van der Waals surface area contributed by atoms with E-state index < -0.39 is 22.4 Å². The Morgan fingerprint density at radius 1 is 1.26 bits per heavy atom. The fraction of sp³-hybridized carbons (Fsp3) is 0.500. The minimum atomic E-state index is -3.51. The van der Waals surface area contributed by atoms with E-state index in [0.29, 0.717) is 5.75 Å². The average molecular weight is 286 g/mol. The third-order valence-electron chi connectivity index (χ3n) is 3.02. The molecule has 1 aromatic rings. The third-order valence-corrected chi connectivity index (χ3v) is 4.90. The van der Waals surface area contributed by atoms with Crippen LogP contribution in [-0.4, -0.2) is 61.5 Å². The molecule has 7 heteroatoms. The highest BCUT2D eigenvalue weighted by molar-refractivity contribution is 7.86. The van der Waals surface area contributed by atoms with Crippen LogP contribution in [0.2, 0.25) is 0 Å². The van der Waals surface area contributed by atoms with Crippen LogP contribution in [-0.2, 0) is 10.2 Å². The molecular weight excluding hydrogens is 268 g/mol. The Hall–Kier alpha value is -1.15. The maximum absolute atomic E-state index is 12.0. The van der Waals surface area contributed by atoms with Gasteiger partial charge < -0.3 is 9.84 Å². The molecule has 0 radical (unpaired) electrons. The smallest absolute Gasteiger partial charge is 0.281 e. The van der Waals surface area contributed by atoms with Crippen molar-refractivity contribution in [3.8, 4) is 5.75 Å². The summed E-state index contributed by atoms with van der Waals surface area (Å²) >= 11 is 0. The average Bonchev–Trinajstić information content (AvgIpc) is 2.73. The van der Waals surface area contributed by atoms with E-state index in [1.54, 1.807) is 12.1 Å². The lowest BCUT2D eigenvalue weighted by molar-refractivity contribution is 0.0737. The second-order valence-electron chi connectivity index (χ2n) is 4.64. The second-order valence-corrected chi connectivity index (χ2v) is 6.79. The molecule has 1 aromatic carbocycles. The van der Waals surface area contributed by atoms with E-state index in [9.17, 15) is 13.5 Å². The van der Waals surface area contributed by atoms with E-state index in [0.717, 1.165) is 4.31 Å². The lowest BCUT2D eigenvalue weighted by Gasteiger charge is -2.20. The molecule has 0 unspecified atom stereocenters. The van der Waals surface area contributed by atoms with Gasteiger partial charge in [-0.15, -0.1) is 0 Å². The Kier molecular flexibility index (Phi) is 4.10. The number of nitrogens with zero attached hydrogens (tertiary/aromatic N) is 2. The maximum atomic E-state index is 12.0. The minimum absolute atomic E-state index is 0.0536. The minimum Gasteiger partial charge on any atom is -0.486 e. The van der Waals surface area contributed by atoms with E-state index in [-0.39, 0.29) is 13.1 Å². The summed E-state index contributed by atoms with van der Waals surface area (Å²) in [7, 11) is -0.577. The van der Waals surface area contributed by atoms with Crippen molar-refractivity contribution in [1.82, 2.24) is 8.61 Å². The predicted molar refractivity (Wildman–Crippen MR) is 71.0 cm³/mol. The molecule has 0 amide bonds. The first-order valence-corrected chi connectivity index (χ1v) is 7.38. The van der Waals surface area contributed by atoms with Crippen molar-refractivity contribution in [1.29, 1.82) is 0 Å². The van der Waals surface area contributed by atoms with Crippen LogP contribution in [0, 0.1) is 0 Å². The number of hydrogen-bond acceptors (Lipinski definition) is 4. The molecule has 0 aliphatic carbocycles. The Bertz CT molecular complexity index is 518. The van der Waals surface area contributed by atoms with E-state index in [1.165, 1.54) is 18.4 Å². The molecular formula is C12H18N2O4S. The topological polar surface area (TPSA) is 70.1 Å². The number of aliphatic hydroxyl groups excluding tert-OH is 1. The van der Waals surface area contributed by atoms with Crippen LogP contribution >= 0.6 is 0 Å². The van der Waals surface area contributed by atoms with Gasteiger partial charge in [0, 0.05) is 20.6 Å². The molecule has 19 heavy (non-hydrogen) atoms. The Morgan fingerprint density at radius 3 is 2.47 bits per heavy atom. The Morgan fingerprint density at radius 2 is 1.89 bits per heavy atom. The number of hydrogen-bond donors (Lipinski definition) is 1. The third kappa shape index (κ3) is 3.06. The van der Waals surface area contributed by atoms with Crippen molar-refractivity contribution in [3.63, 3.8) is 0 Å². The monoisotopic (exact) mass is 286 g/mol. The molecule has 0 spiro atoms. The number of β-amino-alcohol motifs (C(OH)–C–C–N with tert-alkyl or cyclic N) is 1. The first kappa shape index (κ1) is 14.3. The summed E-state index contributed by atoms with van der Waals surface area (Å²) in [5, 5.41) is 9.92. The van der Waals surface area contributed by atoms with Crippen LogP contribution in [0.1, 0.15) is 0 Å². The molecule has 0 saturated carbocycles. The van der Waals surface area contributed by atoms with Gasteiger partial charge in [-0.05, 0) is 12.1 Å². The molecule has 0 aromatic heterocycles. The zero-order valence-corrected chi connectivity index (χ0v) is 11.7. The summed E-state index contributed by atoms with van der Waals surface area (Å²) < 4.78 is 31.9. The number of benzene rings is 1. The molecule has 1 aliphatic heterocycles. The number of aliphatic hydroxyl groups is 1.